The molecule has 2 amide bonds. The van der Waals surface area contributed by atoms with E-state index >= 15 is 0 Å². The Kier molecular flexibility index (Phi) is 7.72. The number of anilines is 2. The Morgan fingerprint density at radius 2 is 2.03 bits per heavy atom. The van der Waals surface area contributed by atoms with E-state index in [4.69, 9.17) is 21.1 Å². The van der Waals surface area contributed by atoms with Gasteiger partial charge in [-0.3, -0.25) is 9.59 Å². The SMILES string of the molecule is C=CC(=O)N1CCC(Oc2cc3c(Nc4ccc(F)c(Cl)c4F)ncnc3cc2OC)CC1C(=O)NC. The van der Waals surface area contributed by atoms with Gasteiger partial charge in [0.1, 0.15) is 35.1 Å². The maximum atomic E-state index is 14.5. The molecule has 37 heavy (non-hydrogen) atoms. The number of carbonyl (C=O) groups is 2. The lowest BCUT2D eigenvalue weighted by molar-refractivity contribution is -0.140. The predicted molar refractivity (Wildman–Crippen MR) is 134 cm³/mol. The molecular formula is C25H24ClF2N5O4. The fraction of sp³-hybridized carbons (Fsp3) is 0.280. The van der Waals surface area contributed by atoms with E-state index in [0.717, 1.165) is 6.07 Å². The molecule has 0 spiro atoms. The maximum absolute atomic E-state index is 14.5. The summed E-state index contributed by atoms with van der Waals surface area (Å²) in [5.74, 6) is -1.53. The van der Waals surface area contributed by atoms with E-state index in [-0.39, 0.29) is 29.7 Å². The zero-order valence-electron chi connectivity index (χ0n) is 20.1. The molecular weight excluding hydrogens is 508 g/mol. The number of nitrogens with one attached hydrogen (secondary N) is 2. The van der Waals surface area contributed by atoms with Gasteiger partial charge in [-0.25, -0.2) is 18.7 Å². The van der Waals surface area contributed by atoms with E-state index < -0.39 is 28.8 Å². The van der Waals surface area contributed by atoms with E-state index in [0.29, 0.717) is 35.4 Å². The number of rotatable bonds is 7. The van der Waals surface area contributed by atoms with Crippen LogP contribution in [0.1, 0.15) is 12.8 Å². The van der Waals surface area contributed by atoms with Crippen LogP contribution in [-0.2, 0) is 9.59 Å². The van der Waals surface area contributed by atoms with Crippen molar-refractivity contribution in [2.24, 2.45) is 0 Å². The highest BCUT2D eigenvalue weighted by molar-refractivity contribution is 6.31. The Bertz CT molecular complexity index is 1370. The van der Waals surface area contributed by atoms with Crippen LogP contribution in [0, 0.1) is 11.6 Å². The lowest BCUT2D eigenvalue weighted by Gasteiger charge is -2.37. The topological polar surface area (TPSA) is 106 Å². The Labute approximate surface area is 216 Å². The highest BCUT2D eigenvalue weighted by Gasteiger charge is 2.36. The largest absolute Gasteiger partial charge is 0.493 e. The smallest absolute Gasteiger partial charge is 0.246 e. The van der Waals surface area contributed by atoms with Gasteiger partial charge in [0.15, 0.2) is 17.3 Å². The Morgan fingerprint density at radius 3 is 2.73 bits per heavy atom. The van der Waals surface area contributed by atoms with Gasteiger partial charge < -0.3 is 25.0 Å². The van der Waals surface area contributed by atoms with E-state index in [2.05, 4.69) is 27.2 Å². The number of nitrogens with zero attached hydrogens (tertiary/aromatic N) is 3. The van der Waals surface area contributed by atoms with E-state index in [1.165, 1.54) is 37.5 Å². The van der Waals surface area contributed by atoms with Crippen LogP contribution in [0.25, 0.3) is 10.9 Å². The van der Waals surface area contributed by atoms with Crippen LogP contribution in [0.5, 0.6) is 11.5 Å². The summed E-state index contributed by atoms with van der Waals surface area (Å²) in [4.78, 5) is 34.6. The molecule has 2 heterocycles. The number of halogens is 3. The van der Waals surface area contributed by atoms with Crippen molar-refractivity contribution in [2.45, 2.75) is 25.0 Å². The van der Waals surface area contributed by atoms with Gasteiger partial charge in [0, 0.05) is 37.9 Å². The molecule has 194 valence electrons. The standard InChI is InChI=1S/C25H24ClF2N5O4/c1-4-21(34)33-8-7-13(9-18(33)25(35)29-2)37-20-10-14-17(11-19(20)36-3)30-12-31-24(14)32-16-6-5-15(27)22(26)23(16)28/h4-6,10-13,18H,1,7-9H2,2-3H3,(H,29,35)(H,30,31,32). The highest BCUT2D eigenvalue weighted by atomic mass is 35.5. The van der Waals surface area contributed by atoms with Crippen LogP contribution >= 0.6 is 11.6 Å². The van der Waals surface area contributed by atoms with Crippen molar-refractivity contribution in [1.29, 1.82) is 0 Å². The molecule has 1 aromatic heterocycles. The molecule has 0 bridgehead atoms. The quantitative estimate of drug-likeness (QED) is 0.351. The summed E-state index contributed by atoms with van der Waals surface area (Å²) in [6.45, 7) is 3.80. The first-order valence-corrected chi connectivity index (χ1v) is 11.7. The first kappa shape index (κ1) is 26.1. The number of piperidine rings is 1. The molecule has 3 aromatic rings. The molecule has 9 nitrogen and oxygen atoms in total. The van der Waals surface area contributed by atoms with Crippen LogP contribution in [0.3, 0.4) is 0 Å². The fourth-order valence-electron chi connectivity index (χ4n) is 4.18. The molecule has 2 aromatic carbocycles. The van der Waals surface area contributed by atoms with Gasteiger partial charge in [-0.15, -0.1) is 0 Å². The van der Waals surface area contributed by atoms with Gasteiger partial charge in [-0.05, 0) is 24.3 Å². The number of methoxy groups -OCH3 is 1. The van der Waals surface area contributed by atoms with E-state index in [9.17, 15) is 18.4 Å². The number of hydrogen-bond acceptors (Lipinski definition) is 7. The van der Waals surface area contributed by atoms with Crippen molar-refractivity contribution in [2.75, 3.05) is 26.0 Å². The molecule has 12 heteroatoms. The van der Waals surface area contributed by atoms with Gasteiger partial charge >= 0.3 is 0 Å². The molecule has 2 atom stereocenters. The monoisotopic (exact) mass is 531 g/mol. The van der Waals surface area contributed by atoms with Gasteiger partial charge in [0.2, 0.25) is 11.8 Å². The van der Waals surface area contributed by atoms with Crippen molar-refractivity contribution in [3.63, 3.8) is 0 Å². The predicted octanol–water partition coefficient (Wildman–Crippen LogP) is 3.98. The number of carbonyl (C=O) groups excluding carboxylic acids is 2. The van der Waals surface area contributed by atoms with Crippen LogP contribution < -0.4 is 20.1 Å². The molecule has 2 unspecified atom stereocenters. The van der Waals surface area contributed by atoms with E-state index in [1.54, 1.807) is 12.1 Å². The molecule has 0 saturated carbocycles. The lowest BCUT2D eigenvalue weighted by atomic mass is 9.98. The second-order valence-corrected chi connectivity index (χ2v) is 8.60. The molecule has 1 saturated heterocycles. The van der Waals surface area contributed by atoms with Crippen molar-refractivity contribution < 1.29 is 27.8 Å². The van der Waals surface area contributed by atoms with Gasteiger partial charge in [0.05, 0.1) is 18.3 Å². The van der Waals surface area contributed by atoms with Crippen molar-refractivity contribution in [1.82, 2.24) is 20.2 Å². The number of amides is 2. The van der Waals surface area contributed by atoms with Crippen LogP contribution in [0.4, 0.5) is 20.3 Å². The zero-order valence-corrected chi connectivity index (χ0v) is 20.8. The number of hydrogen-bond donors (Lipinski definition) is 2. The van der Waals surface area contributed by atoms with Crippen molar-refractivity contribution >= 4 is 45.8 Å². The second-order valence-electron chi connectivity index (χ2n) is 8.22. The number of benzene rings is 2. The highest BCUT2D eigenvalue weighted by Crippen LogP contribution is 2.37. The number of fused-ring (bicyclic) bond motifs is 1. The average Bonchev–Trinajstić information content (AvgIpc) is 2.92. The third-order valence-electron chi connectivity index (χ3n) is 6.06. The second kappa shape index (κ2) is 11.0. The number of ether oxygens (including phenoxy) is 2. The van der Waals surface area contributed by atoms with Gasteiger partial charge in [-0.2, -0.15) is 0 Å². The number of likely N-dealkylation sites (N-methyl/N-ethyl adjacent to an activating group) is 1. The molecule has 2 N–H and O–H groups in total. The van der Waals surface area contributed by atoms with Crippen LogP contribution in [-0.4, -0.2) is 59.5 Å². The third-order valence-corrected chi connectivity index (χ3v) is 6.41. The molecule has 0 radical (unpaired) electrons. The first-order valence-electron chi connectivity index (χ1n) is 11.3. The molecule has 1 aliphatic heterocycles. The van der Waals surface area contributed by atoms with Crippen molar-refractivity contribution in [3.8, 4) is 11.5 Å². The summed E-state index contributed by atoms with van der Waals surface area (Å²) in [5.41, 5.74) is 0.405. The minimum absolute atomic E-state index is 0.0719. The zero-order chi connectivity index (χ0) is 26.7. The molecule has 1 fully saturated rings. The number of likely N-dealkylation sites (tertiary alicyclic amines) is 1. The first-order chi connectivity index (χ1) is 17.8. The summed E-state index contributed by atoms with van der Waals surface area (Å²) < 4.78 is 39.8. The van der Waals surface area contributed by atoms with Crippen LogP contribution in [0.15, 0.2) is 43.2 Å². The molecule has 0 aliphatic carbocycles. The lowest BCUT2D eigenvalue weighted by Crippen LogP contribution is -2.54. The minimum atomic E-state index is -0.959. The van der Waals surface area contributed by atoms with Gasteiger partial charge in [-0.1, -0.05) is 18.2 Å². The summed E-state index contributed by atoms with van der Waals surface area (Å²) in [5, 5.41) is 5.24. The summed E-state index contributed by atoms with van der Waals surface area (Å²) >= 11 is 5.71. The molecule has 4 rings (SSSR count). The minimum Gasteiger partial charge on any atom is -0.493 e. The summed E-state index contributed by atoms with van der Waals surface area (Å²) in [6.07, 6.45) is 2.75. The molecule has 1 aliphatic rings. The normalized spacial score (nSPS) is 17.3. The Morgan fingerprint density at radius 1 is 1.24 bits per heavy atom. The number of aromatic nitrogens is 2. The average molecular weight is 532 g/mol. The maximum Gasteiger partial charge on any atom is 0.246 e. The summed E-state index contributed by atoms with van der Waals surface area (Å²) in [7, 11) is 2.98. The van der Waals surface area contributed by atoms with Crippen molar-refractivity contribution in [3.05, 3.63) is 59.9 Å². The summed E-state index contributed by atoms with van der Waals surface area (Å²) in [6, 6.07) is 4.80. The van der Waals surface area contributed by atoms with Gasteiger partial charge in [0.25, 0.3) is 0 Å². The third kappa shape index (κ3) is 5.26. The Balaban J connectivity index is 1.66. The van der Waals surface area contributed by atoms with Crippen LogP contribution in [0.2, 0.25) is 5.02 Å². The Hall–Kier alpha value is -3.99. The van der Waals surface area contributed by atoms with E-state index in [1.807, 2.05) is 0 Å². The fourth-order valence-corrected chi connectivity index (χ4v) is 4.35.